The van der Waals surface area contributed by atoms with Crippen LogP contribution in [0.4, 0.5) is 0 Å². The van der Waals surface area contributed by atoms with Gasteiger partial charge in [-0.15, -0.1) is 11.3 Å². The highest BCUT2D eigenvalue weighted by Crippen LogP contribution is 2.24. The zero-order chi connectivity index (χ0) is 19.2. The molecular weight excluding hydrogens is 372 g/mol. The Morgan fingerprint density at radius 2 is 1.57 bits per heavy atom. The molecule has 0 aliphatic rings. The van der Waals surface area contributed by atoms with Gasteiger partial charge < -0.3 is 13.9 Å². The maximum atomic E-state index is 12.3. The summed E-state index contributed by atoms with van der Waals surface area (Å²) in [5, 5.41) is 2.63. The zero-order valence-corrected chi connectivity index (χ0v) is 15.7. The molecule has 0 aliphatic carbocycles. The summed E-state index contributed by atoms with van der Waals surface area (Å²) in [5.74, 6) is 7.96. The van der Waals surface area contributed by atoms with Gasteiger partial charge in [0.15, 0.2) is 5.76 Å². The molecule has 0 bridgehead atoms. The Morgan fingerprint density at radius 1 is 0.893 bits per heavy atom. The first kappa shape index (κ1) is 17.9. The van der Waals surface area contributed by atoms with Crippen LogP contribution in [0.15, 0.2) is 81.3 Å². The van der Waals surface area contributed by atoms with Gasteiger partial charge >= 0.3 is 5.63 Å². The largest absolute Gasteiger partial charge is 0.486 e. The van der Waals surface area contributed by atoms with Crippen LogP contribution >= 0.6 is 11.3 Å². The van der Waals surface area contributed by atoms with Crippen LogP contribution in [0.1, 0.15) is 11.3 Å². The highest BCUT2D eigenvalue weighted by molar-refractivity contribution is 7.17. The molecule has 0 unspecified atom stereocenters. The van der Waals surface area contributed by atoms with Crippen molar-refractivity contribution in [1.82, 2.24) is 0 Å². The third-order valence-corrected chi connectivity index (χ3v) is 4.89. The standard InChI is InChI=1S/C23H16O4S/c24-23-22-20(13-15-28-22)19(12-7-14-25-17-8-3-1-4-9-17)21(27-23)16-26-18-10-5-2-6-11-18/h1-6,8-11,13,15H,14,16H2. The van der Waals surface area contributed by atoms with Crippen molar-refractivity contribution in [3.05, 3.63) is 93.9 Å². The van der Waals surface area contributed by atoms with E-state index in [9.17, 15) is 4.79 Å². The Balaban J connectivity index is 1.60. The predicted octanol–water partition coefficient (Wildman–Crippen LogP) is 4.86. The van der Waals surface area contributed by atoms with Crippen molar-refractivity contribution in [1.29, 1.82) is 0 Å². The normalized spacial score (nSPS) is 10.3. The van der Waals surface area contributed by atoms with E-state index in [1.807, 2.05) is 72.1 Å². The van der Waals surface area contributed by atoms with Gasteiger partial charge in [-0.3, -0.25) is 0 Å². The number of rotatable bonds is 5. The van der Waals surface area contributed by atoms with E-state index in [0.29, 0.717) is 21.8 Å². The molecule has 0 spiro atoms. The predicted molar refractivity (Wildman–Crippen MR) is 110 cm³/mol. The summed E-state index contributed by atoms with van der Waals surface area (Å²) >= 11 is 1.34. The van der Waals surface area contributed by atoms with Crippen LogP contribution in [-0.4, -0.2) is 6.61 Å². The lowest BCUT2D eigenvalue weighted by Gasteiger charge is -2.07. The Labute approximate surface area is 166 Å². The molecule has 0 saturated carbocycles. The van der Waals surface area contributed by atoms with E-state index in [0.717, 1.165) is 11.1 Å². The van der Waals surface area contributed by atoms with Gasteiger partial charge in [0.1, 0.15) is 29.4 Å². The number of hydrogen-bond donors (Lipinski definition) is 0. The van der Waals surface area contributed by atoms with Crippen molar-refractivity contribution >= 4 is 21.4 Å². The molecule has 4 rings (SSSR count). The van der Waals surface area contributed by atoms with E-state index in [1.165, 1.54) is 11.3 Å². The first-order chi connectivity index (χ1) is 13.8. The fraction of sp³-hybridized carbons (Fsp3) is 0.0870. The topological polar surface area (TPSA) is 48.7 Å². The lowest BCUT2D eigenvalue weighted by Crippen LogP contribution is -2.06. The smallest absolute Gasteiger partial charge is 0.354 e. The molecule has 0 radical (unpaired) electrons. The van der Waals surface area contributed by atoms with Crippen LogP contribution in [-0.2, 0) is 6.61 Å². The van der Waals surface area contributed by atoms with Crippen molar-refractivity contribution in [2.24, 2.45) is 0 Å². The third-order valence-electron chi connectivity index (χ3n) is 4.00. The molecule has 138 valence electrons. The zero-order valence-electron chi connectivity index (χ0n) is 14.9. The van der Waals surface area contributed by atoms with Gasteiger partial charge in [0.2, 0.25) is 0 Å². The number of para-hydroxylation sites is 2. The Hall–Kier alpha value is -3.49. The van der Waals surface area contributed by atoms with E-state index in [1.54, 1.807) is 0 Å². The second-order valence-corrected chi connectivity index (χ2v) is 6.77. The molecular formula is C23H16O4S. The van der Waals surface area contributed by atoms with Crippen molar-refractivity contribution in [3.8, 4) is 23.3 Å². The van der Waals surface area contributed by atoms with Gasteiger partial charge in [0.05, 0.1) is 5.56 Å². The molecule has 28 heavy (non-hydrogen) atoms. The number of fused-ring (bicyclic) bond motifs is 1. The average Bonchev–Trinajstić information content (AvgIpc) is 3.23. The summed E-state index contributed by atoms with van der Waals surface area (Å²) in [7, 11) is 0. The van der Waals surface area contributed by atoms with Crippen LogP contribution in [0.5, 0.6) is 11.5 Å². The number of ether oxygens (including phenoxy) is 2. The maximum absolute atomic E-state index is 12.3. The highest BCUT2D eigenvalue weighted by atomic mass is 32.1. The first-order valence-corrected chi connectivity index (χ1v) is 9.57. The number of thiophene rings is 1. The second kappa shape index (κ2) is 8.47. The fourth-order valence-electron chi connectivity index (χ4n) is 2.69. The summed E-state index contributed by atoms with van der Waals surface area (Å²) in [4.78, 5) is 12.3. The van der Waals surface area contributed by atoms with E-state index in [-0.39, 0.29) is 18.8 Å². The molecule has 0 N–H and O–H groups in total. The first-order valence-electron chi connectivity index (χ1n) is 8.69. The van der Waals surface area contributed by atoms with Crippen molar-refractivity contribution in [2.45, 2.75) is 6.61 Å². The maximum Gasteiger partial charge on any atom is 0.354 e. The van der Waals surface area contributed by atoms with Gasteiger partial charge in [0.25, 0.3) is 0 Å². The Bertz CT molecular complexity index is 1180. The fourth-order valence-corrected chi connectivity index (χ4v) is 3.46. The molecule has 2 heterocycles. The molecule has 0 saturated heterocycles. The average molecular weight is 388 g/mol. The molecule has 4 nitrogen and oxygen atoms in total. The van der Waals surface area contributed by atoms with E-state index < -0.39 is 0 Å². The monoisotopic (exact) mass is 388 g/mol. The van der Waals surface area contributed by atoms with Crippen LogP contribution < -0.4 is 15.1 Å². The number of hydrogen-bond acceptors (Lipinski definition) is 5. The van der Waals surface area contributed by atoms with Crippen molar-refractivity contribution in [2.75, 3.05) is 6.61 Å². The summed E-state index contributed by atoms with van der Waals surface area (Å²) in [6.45, 7) is 0.350. The van der Waals surface area contributed by atoms with Crippen molar-refractivity contribution < 1.29 is 13.9 Å². The second-order valence-electron chi connectivity index (χ2n) is 5.86. The van der Waals surface area contributed by atoms with Gasteiger partial charge in [-0.05, 0) is 35.7 Å². The van der Waals surface area contributed by atoms with Gasteiger partial charge in [-0.1, -0.05) is 48.2 Å². The summed E-state index contributed by atoms with van der Waals surface area (Å²) in [6, 6.07) is 20.7. The molecule has 2 aromatic carbocycles. The minimum Gasteiger partial charge on any atom is -0.486 e. The lowest BCUT2D eigenvalue weighted by atomic mass is 10.1. The van der Waals surface area contributed by atoms with E-state index in [4.69, 9.17) is 13.9 Å². The Morgan fingerprint density at radius 3 is 2.29 bits per heavy atom. The van der Waals surface area contributed by atoms with Crippen LogP contribution in [0, 0.1) is 11.8 Å². The SMILES string of the molecule is O=c1oc(COc2ccccc2)c(C#CCOc2ccccc2)c2ccsc12. The highest BCUT2D eigenvalue weighted by Gasteiger charge is 2.14. The van der Waals surface area contributed by atoms with E-state index in [2.05, 4.69) is 11.8 Å². The number of benzene rings is 2. The summed E-state index contributed by atoms with van der Waals surface area (Å²) in [6.07, 6.45) is 0. The quantitative estimate of drug-likeness (QED) is 0.458. The van der Waals surface area contributed by atoms with Crippen LogP contribution in [0.25, 0.3) is 10.1 Å². The molecule has 0 fully saturated rings. The lowest BCUT2D eigenvalue weighted by molar-refractivity contribution is 0.263. The minimum absolute atomic E-state index is 0.120. The van der Waals surface area contributed by atoms with Crippen molar-refractivity contribution in [3.63, 3.8) is 0 Å². The molecule has 4 aromatic rings. The molecule has 0 aliphatic heterocycles. The molecule has 0 atom stereocenters. The van der Waals surface area contributed by atoms with E-state index >= 15 is 0 Å². The van der Waals surface area contributed by atoms with Crippen LogP contribution in [0.3, 0.4) is 0 Å². The van der Waals surface area contributed by atoms with Gasteiger partial charge in [-0.25, -0.2) is 4.79 Å². The molecule has 0 amide bonds. The van der Waals surface area contributed by atoms with Crippen LogP contribution in [0.2, 0.25) is 0 Å². The summed E-state index contributed by atoms with van der Waals surface area (Å²) < 4.78 is 17.4. The van der Waals surface area contributed by atoms with Gasteiger partial charge in [-0.2, -0.15) is 0 Å². The third kappa shape index (κ3) is 4.08. The molecule has 2 aromatic heterocycles. The van der Waals surface area contributed by atoms with Gasteiger partial charge in [0, 0.05) is 5.39 Å². The minimum atomic E-state index is -0.372. The Kier molecular flexibility index (Phi) is 5.41. The molecule has 5 heteroatoms. The summed E-state index contributed by atoms with van der Waals surface area (Å²) in [5.41, 5.74) is 0.284.